The molecule has 3 aliphatic carbocycles. The van der Waals surface area contributed by atoms with E-state index in [1.54, 1.807) is 0 Å². The third-order valence-corrected chi connectivity index (χ3v) is 5.56. The van der Waals surface area contributed by atoms with Crippen LogP contribution < -0.4 is 0 Å². The maximum absolute atomic E-state index is 12.0. The molecule has 96 valence electrons. The van der Waals surface area contributed by atoms with E-state index in [0.717, 1.165) is 24.7 Å². The van der Waals surface area contributed by atoms with Gasteiger partial charge in [0.25, 0.3) is 0 Å². The number of hydrogen-bond donors (Lipinski definition) is 0. The molecule has 0 radical (unpaired) electrons. The van der Waals surface area contributed by atoms with Crippen molar-refractivity contribution in [1.82, 2.24) is 0 Å². The van der Waals surface area contributed by atoms with Crippen LogP contribution in [-0.2, 0) is 9.53 Å². The van der Waals surface area contributed by atoms with Gasteiger partial charge in [0.2, 0.25) is 0 Å². The number of ketones is 1. The minimum atomic E-state index is 0.417. The molecule has 0 heterocycles. The fourth-order valence-electron chi connectivity index (χ4n) is 4.71. The quantitative estimate of drug-likeness (QED) is 0.699. The zero-order chi connectivity index (χ0) is 11.8. The minimum absolute atomic E-state index is 0.417. The number of carbonyl (C=O) groups excluding carboxylic acids is 1. The Labute approximate surface area is 104 Å². The van der Waals surface area contributed by atoms with Crippen LogP contribution in [0, 0.1) is 23.7 Å². The predicted molar refractivity (Wildman–Crippen MR) is 66.7 cm³/mol. The Kier molecular flexibility index (Phi) is 3.25. The van der Waals surface area contributed by atoms with E-state index < -0.39 is 0 Å². The molecule has 0 aromatic heterocycles. The Bertz CT molecular complexity index is 299. The van der Waals surface area contributed by atoms with E-state index in [1.807, 2.05) is 7.11 Å². The lowest BCUT2D eigenvalue weighted by atomic mass is 9.59. The van der Waals surface area contributed by atoms with E-state index in [2.05, 4.69) is 0 Å². The summed E-state index contributed by atoms with van der Waals surface area (Å²) in [5, 5.41) is 0. The molecule has 0 aliphatic heterocycles. The van der Waals surface area contributed by atoms with Gasteiger partial charge in [-0.15, -0.1) is 0 Å². The largest absolute Gasteiger partial charge is 0.381 e. The van der Waals surface area contributed by atoms with Crippen molar-refractivity contribution in [2.24, 2.45) is 23.7 Å². The van der Waals surface area contributed by atoms with Gasteiger partial charge in [0.1, 0.15) is 5.78 Å². The fourth-order valence-corrected chi connectivity index (χ4v) is 4.71. The lowest BCUT2D eigenvalue weighted by molar-refractivity contribution is -0.133. The summed E-state index contributed by atoms with van der Waals surface area (Å²) in [5.74, 6) is 3.20. The predicted octanol–water partition coefficient (Wildman–Crippen LogP) is 3.20. The minimum Gasteiger partial charge on any atom is -0.381 e. The maximum Gasteiger partial charge on any atom is 0.136 e. The first-order valence-electron chi connectivity index (χ1n) is 7.35. The molecule has 2 nitrogen and oxygen atoms in total. The molecular weight excluding hydrogens is 212 g/mol. The Morgan fingerprint density at radius 3 is 2.71 bits per heavy atom. The van der Waals surface area contributed by atoms with Crippen molar-refractivity contribution < 1.29 is 9.53 Å². The van der Waals surface area contributed by atoms with Crippen LogP contribution in [0.5, 0.6) is 0 Å². The normalized spacial score (nSPS) is 46.2. The van der Waals surface area contributed by atoms with E-state index in [1.165, 1.54) is 38.5 Å². The highest BCUT2D eigenvalue weighted by Gasteiger charge is 2.45. The summed E-state index contributed by atoms with van der Waals surface area (Å²) in [6.45, 7) is 0. The Morgan fingerprint density at radius 2 is 1.88 bits per heavy atom. The van der Waals surface area contributed by atoms with Crippen LogP contribution in [0.4, 0.5) is 0 Å². The average molecular weight is 236 g/mol. The molecule has 3 fully saturated rings. The third-order valence-electron chi connectivity index (χ3n) is 5.56. The van der Waals surface area contributed by atoms with E-state index >= 15 is 0 Å². The van der Waals surface area contributed by atoms with Crippen molar-refractivity contribution in [3.63, 3.8) is 0 Å². The SMILES string of the molecule is COC1CCCC2CC3C(=O)CCCC3CC21. The molecule has 5 unspecified atom stereocenters. The van der Waals surface area contributed by atoms with Gasteiger partial charge >= 0.3 is 0 Å². The van der Waals surface area contributed by atoms with Gasteiger partial charge < -0.3 is 4.74 Å². The first kappa shape index (κ1) is 11.7. The highest BCUT2D eigenvalue weighted by molar-refractivity contribution is 5.82. The number of hydrogen-bond acceptors (Lipinski definition) is 2. The Hall–Kier alpha value is -0.370. The van der Waals surface area contributed by atoms with Crippen LogP contribution in [0.2, 0.25) is 0 Å². The smallest absolute Gasteiger partial charge is 0.136 e. The van der Waals surface area contributed by atoms with Gasteiger partial charge in [0, 0.05) is 19.4 Å². The topological polar surface area (TPSA) is 26.3 Å². The van der Waals surface area contributed by atoms with Gasteiger partial charge in [-0.05, 0) is 56.3 Å². The third kappa shape index (κ3) is 2.05. The lowest BCUT2D eigenvalue weighted by Gasteiger charge is -2.47. The zero-order valence-corrected chi connectivity index (χ0v) is 10.9. The fraction of sp³-hybridized carbons (Fsp3) is 0.933. The Balaban J connectivity index is 1.75. The molecule has 0 amide bonds. The van der Waals surface area contributed by atoms with Crippen LogP contribution in [0.3, 0.4) is 0 Å². The maximum atomic E-state index is 12.0. The molecule has 5 atom stereocenters. The van der Waals surface area contributed by atoms with E-state index in [9.17, 15) is 4.79 Å². The molecule has 0 saturated heterocycles. The van der Waals surface area contributed by atoms with Crippen LogP contribution in [0.1, 0.15) is 51.4 Å². The van der Waals surface area contributed by atoms with Crippen molar-refractivity contribution >= 4 is 5.78 Å². The van der Waals surface area contributed by atoms with Crippen LogP contribution >= 0.6 is 0 Å². The summed E-state index contributed by atoms with van der Waals surface area (Å²) in [4.78, 5) is 12.0. The highest BCUT2D eigenvalue weighted by Crippen LogP contribution is 2.49. The van der Waals surface area contributed by atoms with Crippen molar-refractivity contribution in [2.45, 2.75) is 57.5 Å². The van der Waals surface area contributed by atoms with E-state index in [0.29, 0.717) is 23.7 Å². The summed E-state index contributed by atoms with van der Waals surface area (Å²) in [5.41, 5.74) is 0. The number of fused-ring (bicyclic) bond motifs is 2. The average Bonchev–Trinajstić information content (AvgIpc) is 2.36. The zero-order valence-electron chi connectivity index (χ0n) is 10.9. The number of carbonyl (C=O) groups is 1. The van der Waals surface area contributed by atoms with E-state index in [4.69, 9.17) is 4.74 Å². The van der Waals surface area contributed by atoms with Crippen LogP contribution in [0.15, 0.2) is 0 Å². The van der Waals surface area contributed by atoms with Gasteiger partial charge in [-0.25, -0.2) is 0 Å². The molecule has 0 bridgehead atoms. The molecule has 0 aromatic rings. The molecule has 3 saturated carbocycles. The number of ether oxygens (including phenoxy) is 1. The van der Waals surface area contributed by atoms with Crippen LogP contribution in [-0.4, -0.2) is 19.0 Å². The van der Waals surface area contributed by atoms with Crippen molar-refractivity contribution in [3.8, 4) is 0 Å². The summed E-state index contributed by atoms with van der Waals surface area (Å²) in [6, 6.07) is 0. The monoisotopic (exact) mass is 236 g/mol. The molecular formula is C15H24O2. The van der Waals surface area contributed by atoms with Gasteiger partial charge in [-0.3, -0.25) is 4.79 Å². The van der Waals surface area contributed by atoms with Gasteiger partial charge in [-0.1, -0.05) is 6.42 Å². The number of rotatable bonds is 1. The summed E-state index contributed by atoms with van der Waals surface area (Å²) >= 11 is 0. The van der Waals surface area contributed by atoms with Crippen molar-refractivity contribution in [1.29, 1.82) is 0 Å². The molecule has 0 spiro atoms. The van der Waals surface area contributed by atoms with Gasteiger partial charge in [0.05, 0.1) is 6.10 Å². The standard InChI is InChI=1S/C15H24O2/c1-17-15-7-3-5-11-8-12-10(9-13(11)15)4-2-6-14(12)16/h10-13,15H,2-9H2,1H3. The second-order valence-corrected chi connectivity index (χ2v) is 6.33. The summed E-state index contributed by atoms with van der Waals surface area (Å²) in [7, 11) is 1.87. The molecule has 3 rings (SSSR count). The first-order valence-corrected chi connectivity index (χ1v) is 7.35. The van der Waals surface area contributed by atoms with Crippen molar-refractivity contribution in [2.75, 3.05) is 7.11 Å². The van der Waals surface area contributed by atoms with Crippen LogP contribution in [0.25, 0.3) is 0 Å². The summed E-state index contributed by atoms with van der Waals surface area (Å²) in [6.07, 6.45) is 10.1. The van der Waals surface area contributed by atoms with Crippen molar-refractivity contribution in [3.05, 3.63) is 0 Å². The molecule has 2 heteroatoms. The van der Waals surface area contributed by atoms with Gasteiger partial charge in [-0.2, -0.15) is 0 Å². The second kappa shape index (κ2) is 4.72. The molecule has 0 N–H and O–H groups in total. The lowest BCUT2D eigenvalue weighted by Crippen LogP contribution is -2.44. The summed E-state index contributed by atoms with van der Waals surface area (Å²) < 4.78 is 5.68. The van der Waals surface area contributed by atoms with E-state index in [-0.39, 0.29) is 0 Å². The molecule has 17 heavy (non-hydrogen) atoms. The molecule has 3 aliphatic rings. The number of methoxy groups -OCH3 is 1. The number of Topliss-reactive ketones (excluding diaryl/α,β-unsaturated/α-hetero) is 1. The molecule has 0 aromatic carbocycles. The Morgan fingerprint density at radius 1 is 1.06 bits per heavy atom. The van der Waals surface area contributed by atoms with Gasteiger partial charge in [0.15, 0.2) is 0 Å². The first-order chi connectivity index (χ1) is 8.29. The second-order valence-electron chi connectivity index (χ2n) is 6.33. The highest BCUT2D eigenvalue weighted by atomic mass is 16.5.